The highest BCUT2D eigenvalue weighted by atomic mass is 16.6. The number of nitrogens with one attached hydrogen (secondary N) is 1. The lowest BCUT2D eigenvalue weighted by Gasteiger charge is -2.27. The van der Waals surface area contributed by atoms with E-state index in [0.29, 0.717) is 11.7 Å². The summed E-state index contributed by atoms with van der Waals surface area (Å²) in [7, 11) is 0. The van der Waals surface area contributed by atoms with Crippen LogP contribution < -0.4 is 5.32 Å². The van der Waals surface area contributed by atoms with Crippen LogP contribution in [0.2, 0.25) is 0 Å². The third-order valence-corrected chi connectivity index (χ3v) is 2.90. The molecule has 1 aromatic rings. The average Bonchev–Trinajstić information content (AvgIpc) is 2.12. The van der Waals surface area contributed by atoms with E-state index in [9.17, 15) is 10.1 Å². The van der Waals surface area contributed by atoms with Gasteiger partial charge < -0.3 is 5.32 Å². The molecule has 1 aliphatic rings. The number of nitro benzene ring substituents is 1. The zero-order chi connectivity index (χ0) is 10.8. The number of aryl methyl sites for hydroxylation is 1. The van der Waals surface area contributed by atoms with Crippen LogP contribution in [0, 0.1) is 17.0 Å². The average molecular weight is 206 g/mol. The van der Waals surface area contributed by atoms with Crippen molar-refractivity contribution in [3.8, 4) is 0 Å². The van der Waals surface area contributed by atoms with Gasteiger partial charge in [0.2, 0.25) is 0 Å². The van der Waals surface area contributed by atoms with Crippen molar-refractivity contribution in [1.29, 1.82) is 0 Å². The van der Waals surface area contributed by atoms with Gasteiger partial charge in [-0.15, -0.1) is 0 Å². The monoisotopic (exact) mass is 206 g/mol. The highest BCUT2D eigenvalue weighted by Gasteiger charge is 2.22. The summed E-state index contributed by atoms with van der Waals surface area (Å²) >= 11 is 0. The van der Waals surface area contributed by atoms with Gasteiger partial charge in [0.1, 0.15) is 5.69 Å². The molecule has 1 saturated carbocycles. The van der Waals surface area contributed by atoms with E-state index < -0.39 is 0 Å². The van der Waals surface area contributed by atoms with Crippen molar-refractivity contribution in [3.05, 3.63) is 33.9 Å². The number of anilines is 1. The van der Waals surface area contributed by atoms with Crippen LogP contribution >= 0.6 is 0 Å². The highest BCUT2D eigenvalue weighted by Crippen LogP contribution is 2.31. The van der Waals surface area contributed by atoms with Crippen molar-refractivity contribution in [3.63, 3.8) is 0 Å². The Labute approximate surface area is 88.5 Å². The van der Waals surface area contributed by atoms with Crippen LogP contribution in [0.5, 0.6) is 0 Å². The molecule has 1 N–H and O–H groups in total. The number of nitro groups is 1. The van der Waals surface area contributed by atoms with Crippen molar-refractivity contribution in [2.45, 2.75) is 32.2 Å². The molecule has 1 fully saturated rings. The van der Waals surface area contributed by atoms with Crippen molar-refractivity contribution in [2.75, 3.05) is 5.32 Å². The van der Waals surface area contributed by atoms with E-state index in [1.807, 2.05) is 13.0 Å². The van der Waals surface area contributed by atoms with Crippen LogP contribution in [0.25, 0.3) is 0 Å². The van der Waals surface area contributed by atoms with Crippen molar-refractivity contribution >= 4 is 11.4 Å². The fraction of sp³-hybridized carbons (Fsp3) is 0.455. The first-order valence-electron chi connectivity index (χ1n) is 5.19. The molecule has 1 aromatic carbocycles. The van der Waals surface area contributed by atoms with E-state index in [0.717, 1.165) is 18.4 Å². The molecule has 0 saturated heterocycles. The van der Waals surface area contributed by atoms with Gasteiger partial charge in [-0.05, 0) is 31.7 Å². The van der Waals surface area contributed by atoms with Crippen LogP contribution in [0.15, 0.2) is 18.2 Å². The van der Waals surface area contributed by atoms with E-state index in [4.69, 9.17) is 0 Å². The van der Waals surface area contributed by atoms with Crippen molar-refractivity contribution < 1.29 is 4.92 Å². The van der Waals surface area contributed by atoms with E-state index in [-0.39, 0.29) is 10.6 Å². The molecule has 0 aromatic heterocycles. The van der Waals surface area contributed by atoms with Crippen LogP contribution in [-0.4, -0.2) is 11.0 Å². The SMILES string of the molecule is Cc1cccc([N+](=O)[O-])c1NC1CCC1. The molecule has 80 valence electrons. The second-order valence-electron chi connectivity index (χ2n) is 4.00. The zero-order valence-corrected chi connectivity index (χ0v) is 8.69. The Morgan fingerprint density at radius 3 is 2.73 bits per heavy atom. The summed E-state index contributed by atoms with van der Waals surface area (Å²) in [6, 6.07) is 5.59. The smallest absolute Gasteiger partial charge is 0.292 e. The van der Waals surface area contributed by atoms with Crippen LogP contribution in [0.1, 0.15) is 24.8 Å². The number of hydrogen-bond donors (Lipinski definition) is 1. The molecule has 0 heterocycles. The zero-order valence-electron chi connectivity index (χ0n) is 8.69. The van der Waals surface area contributed by atoms with Crippen LogP contribution in [-0.2, 0) is 0 Å². The lowest BCUT2D eigenvalue weighted by Crippen LogP contribution is -2.27. The van der Waals surface area contributed by atoms with Crippen LogP contribution in [0.4, 0.5) is 11.4 Å². The topological polar surface area (TPSA) is 55.2 Å². The molecule has 0 bridgehead atoms. The molecular weight excluding hydrogens is 192 g/mol. The van der Waals surface area contributed by atoms with Crippen molar-refractivity contribution in [1.82, 2.24) is 0 Å². The molecule has 0 spiro atoms. The van der Waals surface area contributed by atoms with Gasteiger partial charge in [-0.1, -0.05) is 12.1 Å². The Morgan fingerprint density at radius 1 is 1.47 bits per heavy atom. The first-order valence-corrected chi connectivity index (χ1v) is 5.19. The largest absolute Gasteiger partial charge is 0.377 e. The third-order valence-electron chi connectivity index (χ3n) is 2.90. The number of rotatable bonds is 3. The second-order valence-corrected chi connectivity index (χ2v) is 4.00. The fourth-order valence-corrected chi connectivity index (χ4v) is 1.75. The molecule has 0 atom stereocenters. The first kappa shape index (κ1) is 9.96. The maximum Gasteiger partial charge on any atom is 0.292 e. The van der Waals surface area contributed by atoms with Gasteiger partial charge in [-0.2, -0.15) is 0 Å². The molecule has 0 unspecified atom stereocenters. The molecular formula is C11H14N2O2. The molecule has 0 radical (unpaired) electrons. The molecule has 2 rings (SSSR count). The number of nitrogens with zero attached hydrogens (tertiary/aromatic N) is 1. The summed E-state index contributed by atoms with van der Waals surface area (Å²) in [5.41, 5.74) is 1.81. The Kier molecular flexibility index (Phi) is 2.58. The van der Waals surface area contributed by atoms with Crippen LogP contribution in [0.3, 0.4) is 0 Å². The molecule has 4 nitrogen and oxygen atoms in total. The molecule has 15 heavy (non-hydrogen) atoms. The van der Waals surface area contributed by atoms with Gasteiger partial charge in [0.25, 0.3) is 5.69 Å². The molecule has 1 aliphatic carbocycles. The Hall–Kier alpha value is -1.58. The third kappa shape index (κ3) is 1.93. The summed E-state index contributed by atoms with van der Waals surface area (Å²) in [5, 5.41) is 14.1. The fourth-order valence-electron chi connectivity index (χ4n) is 1.75. The van der Waals surface area contributed by atoms with Gasteiger partial charge in [-0.25, -0.2) is 0 Å². The first-order chi connectivity index (χ1) is 7.18. The maximum atomic E-state index is 10.8. The minimum atomic E-state index is -0.325. The predicted octanol–water partition coefficient (Wildman–Crippen LogP) is 2.87. The van der Waals surface area contributed by atoms with E-state index in [1.54, 1.807) is 12.1 Å². The number of hydrogen-bond acceptors (Lipinski definition) is 3. The van der Waals surface area contributed by atoms with Gasteiger partial charge >= 0.3 is 0 Å². The summed E-state index contributed by atoms with van der Waals surface area (Å²) in [4.78, 5) is 10.5. The quantitative estimate of drug-likeness (QED) is 0.611. The second kappa shape index (κ2) is 3.88. The minimum Gasteiger partial charge on any atom is -0.377 e. The minimum absolute atomic E-state index is 0.182. The highest BCUT2D eigenvalue weighted by molar-refractivity contribution is 5.66. The summed E-state index contributed by atoms with van der Waals surface area (Å²) in [6.07, 6.45) is 3.45. The lowest BCUT2D eigenvalue weighted by atomic mass is 9.92. The van der Waals surface area contributed by atoms with E-state index >= 15 is 0 Å². The number of benzene rings is 1. The summed E-state index contributed by atoms with van der Waals surface area (Å²) < 4.78 is 0. The maximum absolute atomic E-state index is 10.8. The Balaban J connectivity index is 2.29. The summed E-state index contributed by atoms with van der Waals surface area (Å²) in [6.45, 7) is 1.90. The Bertz CT molecular complexity index is 386. The van der Waals surface area contributed by atoms with Gasteiger partial charge in [0, 0.05) is 12.1 Å². The van der Waals surface area contributed by atoms with Crippen molar-refractivity contribution in [2.24, 2.45) is 0 Å². The molecule has 4 heteroatoms. The van der Waals surface area contributed by atoms with Gasteiger partial charge in [0.05, 0.1) is 4.92 Å². The van der Waals surface area contributed by atoms with E-state index in [1.165, 1.54) is 6.42 Å². The van der Waals surface area contributed by atoms with Gasteiger partial charge in [0.15, 0.2) is 0 Å². The predicted molar refractivity (Wildman–Crippen MR) is 59.1 cm³/mol. The Morgan fingerprint density at radius 2 is 2.20 bits per heavy atom. The molecule has 0 amide bonds. The normalized spacial score (nSPS) is 15.8. The van der Waals surface area contributed by atoms with Gasteiger partial charge in [-0.3, -0.25) is 10.1 Å². The summed E-state index contributed by atoms with van der Waals surface area (Å²) in [5.74, 6) is 0. The molecule has 0 aliphatic heterocycles. The van der Waals surface area contributed by atoms with E-state index in [2.05, 4.69) is 5.32 Å². The standard InChI is InChI=1S/C11H14N2O2/c1-8-4-2-7-10(13(14)15)11(8)12-9-5-3-6-9/h2,4,7,9,12H,3,5-6H2,1H3. The lowest BCUT2D eigenvalue weighted by molar-refractivity contribution is -0.384. The number of para-hydroxylation sites is 1.